The molecule has 1 aliphatic heterocycles. The predicted molar refractivity (Wildman–Crippen MR) is 85.7 cm³/mol. The molecule has 1 aliphatic rings. The Kier molecular flexibility index (Phi) is 6.21. The van der Waals surface area contributed by atoms with Crippen LogP contribution >= 0.6 is 0 Å². The molecule has 122 valence electrons. The third kappa shape index (κ3) is 5.00. The number of amides is 1. The highest BCUT2D eigenvalue weighted by molar-refractivity contribution is 5.76. The number of hydrogen-bond acceptors (Lipinski definition) is 4. The fourth-order valence-corrected chi connectivity index (χ4v) is 2.80. The first-order valence-corrected chi connectivity index (χ1v) is 8.00. The predicted octanol–water partition coefficient (Wildman–Crippen LogP) is 1.19. The third-order valence-electron chi connectivity index (χ3n) is 4.21. The maximum atomic E-state index is 11.1. The SMILES string of the molecule is CCc1cccc(OCC(O)CN2CCC(C(N)=O)CC2)c1. The van der Waals surface area contributed by atoms with Gasteiger partial charge in [-0.3, -0.25) is 4.79 Å². The first-order valence-electron chi connectivity index (χ1n) is 8.00. The second-order valence-electron chi connectivity index (χ2n) is 5.94. The third-order valence-corrected chi connectivity index (χ3v) is 4.21. The highest BCUT2D eigenvalue weighted by Gasteiger charge is 2.24. The minimum Gasteiger partial charge on any atom is -0.491 e. The van der Waals surface area contributed by atoms with Gasteiger partial charge in [0.25, 0.3) is 0 Å². The molecule has 0 saturated carbocycles. The number of primary amides is 1. The summed E-state index contributed by atoms with van der Waals surface area (Å²) in [7, 11) is 0. The van der Waals surface area contributed by atoms with Crippen LogP contribution in [0.5, 0.6) is 5.75 Å². The Morgan fingerprint density at radius 1 is 1.45 bits per heavy atom. The number of aliphatic hydroxyl groups excluding tert-OH is 1. The van der Waals surface area contributed by atoms with Crippen molar-refractivity contribution in [2.75, 3.05) is 26.2 Å². The molecular formula is C17H26N2O3. The van der Waals surface area contributed by atoms with Crippen LogP contribution in [0, 0.1) is 5.92 Å². The molecule has 0 spiro atoms. The van der Waals surface area contributed by atoms with Gasteiger partial charge in [0.15, 0.2) is 0 Å². The largest absolute Gasteiger partial charge is 0.491 e. The van der Waals surface area contributed by atoms with Crippen LogP contribution in [0.3, 0.4) is 0 Å². The van der Waals surface area contributed by atoms with Crippen molar-refractivity contribution in [1.82, 2.24) is 4.90 Å². The van der Waals surface area contributed by atoms with Crippen LogP contribution < -0.4 is 10.5 Å². The summed E-state index contributed by atoms with van der Waals surface area (Å²) in [5, 5.41) is 10.1. The number of ether oxygens (including phenoxy) is 1. The molecule has 0 aliphatic carbocycles. The zero-order valence-corrected chi connectivity index (χ0v) is 13.2. The van der Waals surface area contributed by atoms with Crippen molar-refractivity contribution >= 4 is 5.91 Å². The normalized spacial score (nSPS) is 18.1. The number of piperidine rings is 1. The van der Waals surface area contributed by atoms with Crippen molar-refractivity contribution < 1.29 is 14.6 Å². The van der Waals surface area contributed by atoms with Gasteiger partial charge in [-0.1, -0.05) is 19.1 Å². The number of benzene rings is 1. The van der Waals surface area contributed by atoms with E-state index >= 15 is 0 Å². The lowest BCUT2D eigenvalue weighted by molar-refractivity contribution is -0.123. The Balaban J connectivity index is 1.72. The van der Waals surface area contributed by atoms with E-state index in [-0.39, 0.29) is 18.4 Å². The van der Waals surface area contributed by atoms with E-state index in [1.807, 2.05) is 18.2 Å². The number of nitrogens with two attached hydrogens (primary N) is 1. The molecule has 0 aromatic heterocycles. The number of nitrogens with zero attached hydrogens (tertiary/aromatic N) is 1. The lowest BCUT2D eigenvalue weighted by Gasteiger charge is -2.31. The van der Waals surface area contributed by atoms with Gasteiger partial charge in [-0.05, 0) is 50.0 Å². The molecule has 2 rings (SSSR count). The van der Waals surface area contributed by atoms with Gasteiger partial charge >= 0.3 is 0 Å². The number of β-amino-alcohol motifs (C(OH)–C–C–N with tert-alkyl or cyclic N) is 1. The number of hydrogen-bond donors (Lipinski definition) is 2. The molecule has 1 fully saturated rings. The average Bonchev–Trinajstić information content (AvgIpc) is 2.53. The van der Waals surface area contributed by atoms with Crippen molar-refractivity contribution in [1.29, 1.82) is 0 Å². The van der Waals surface area contributed by atoms with Crippen molar-refractivity contribution in [3.05, 3.63) is 29.8 Å². The van der Waals surface area contributed by atoms with E-state index in [2.05, 4.69) is 17.9 Å². The molecule has 1 aromatic rings. The molecule has 1 amide bonds. The van der Waals surface area contributed by atoms with Gasteiger partial charge < -0.3 is 20.5 Å². The van der Waals surface area contributed by atoms with E-state index in [4.69, 9.17) is 10.5 Å². The molecule has 0 bridgehead atoms. The van der Waals surface area contributed by atoms with Crippen molar-refractivity contribution in [2.45, 2.75) is 32.3 Å². The highest BCUT2D eigenvalue weighted by Crippen LogP contribution is 2.17. The van der Waals surface area contributed by atoms with Gasteiger partial charge in [0, 0.05) is 12.5 Å². The number of aliphatic hydroxyl groups is 1. The second kappa shape index (κ2) is 8.15. The minimum absolute atomic E-state index is 0.0126. The van der Waals surface area contributed by atoms with Crippen LogP contribution in [-0.4, -0.2) is 48.3 Å². The van der Waals surface area contributed by atoms with Crippen LogP contribution in [0.15, 0.2) is 24.3 Å². The van der Waals surface area contributed by atoms with Gasteiger partial charge in [-0.25, -0.2) is 0 Å². The molecular weight excluding hydrogens is 280 g/mol. The molecule has 5 nitrogen and oxygen atoms in total. The van der Waals surface area contributed by atoms with E-state index in [0.717, 1.165) is 38.1 Å². The molecule has 5 heteroatoms. The maximum Gasteiger partial charge on any atom is 0.220 e. The quantitative estimate of drug-likeness (QED) is 0.793. The Bertz CT molecular complexity index is 485. The van der Waals surface area contributed by atoms with Crippen LogP contribution in [0.1, 0.15) is 25.3 Å². The van der Waals surface area contributed by atoms with Crippen LogP contribution in [0.25, 0.3) is 0 Å². The number of likely N-dealkylation sites (tertiary alicyclic amines) is 1. The average molecular weight is 306 g/mol. The molecule has 22 heavy (non-hydrogen) atoms. The number of carbonyl (C=O) groups is 1. The Morgan fingerprint density at radius 3 is 2.82 bits per heavy atom. The Labute approximate surface area is 132 Å². The summed E-state index contributed by atoms with van der Waals surface area (Å²) in [6.07, 6.45) is 1.99. The summed E-state index contributed by atoms with van der Waals surface area (Å²) in [5.41, 5.74) is 6.55. The lowest BCUT2D eigenvalue weighted by Crippen LogP contribution is -2.43. The second-order valence-corrected chi connectivity index (χ2v) is 5.94. The molecule has 1 aromatic carbocycles. The van der Waals surface area contributed by atoms with E-state index in [0.29, 0.717) is 6.54 Å². The van der Waals surface area contributed by atoms with Crippen LogP contribution in [0.4, 0.5) is 0 Å². The van der Waals surface area contributed by atoms with Crippen molar-refractivity contribution in [3.63, 3.8) is 0 Å². The first-order chi connectivity index (χ1) is 10.6. The molecule has 1 atom stereocenters. The van der Waals surface area contributed by atoms with Crippen LogP contribution in [0.2, 0.25) is 0 Å². The fourth-order valence-electron chi connectivity index (χ4n) is 2.80. The van der Waals surface area contributed by atoms with Gasteiger partial charge in [-0.2, -0.15) is 0 Å². The Morgan fingerprint density at radius 2 is 2.18 bits per heavy atom. The summed E-state index contributed by atoms with van der Waals surface area (Å²) in [4.78, 5) is 13.3. The van der Waals surface area contributed by atoms with Gasteiger partial charge in [0.1, 0.15) is 18.5 Å². The summed E-state index contributed by atoms with van der Waals surface area (Å²) in [6, 6.07) is 7.94. The zero-order valence-electron chi connectivity index (χ0n) is 13.2. The minimum atomic E-state index is -0.532. The molecule has 3 N–H and O–H groups in total. The van der Waals surface area contributed by atoms with E-state index in [1.54, 1.807) is 0 Å². The summed E-state index contributed by atoms with van der Waals surface area (Å²) < 4.78 is 5.66. The van der Waals surface area contributed by atoms with Crippen LogP contribution in [-0.2, 0) is 11.2 Å². The summed E-state index contributed by atoms with van der Waals surface area (Å²) >= 11 is 0. The molecule has 1 saturated heterocycles. The lowest BCUT2D eigenvalue weighted by atomic mass is 9.96. The molecule has 1 heterocycles. The fraction of sp³-hybridized carbons (Fsp3) is 0.588. The smallest absolute Gasteiger partial charge is 0.220 e. The molecule has 0 radical (unpaired) electrons. The van der Waals surface area contributed by atoms with Gasteiger partial charge in [0.2, 0.25) is 5.91 Å². The monoisotopic (exact) mass is 306 g/mol. The van der Waals surface area contributed by atoms with Gasteiger partial charge in [0.05, 0.1) is 0 Å². The first kappa shape index (κ1) is 16.8. The standard InChI is InChI=1S/C17H26N2O3/c1-2-13-4-3-5-16(10-13)22-12-15(20)11-19-8-6-14(7-9-19)17(18)21/h3-5,10,14-15,20H,2,6-9,11-12H2,1H3,(H2,18,21). The molecule has 1 unspecified atom stereocenters. The van der Waals surface area contributed by atoms with E-state index < -0.39 is 6.10 Å². The topological polar surface area (TPSA) is 75.8 Å². The van der Waals surface area contributed by atoms with Crippen molar-refractivity contribution in [3.8, 4) is 5.75 Å². The number of rotatable bonds is 7. The van der Waals surface area contributed by atoms with E-state index in [1.165, 1.54) is 5.56 Å². The van der Waals surface area contributed by atoms with Gasteiger partial charge in [-0.15, -0.1) is 0 Å². The maximum absolute atomic E-state index is 11.1. The zero-order chi connectivity index (χ0) is 15.9. The summed E-state index contributed by atoms with van der Waals surface area (Å²) in [5.74, 6) is 0.576. The highest BCUT2D eigenvalue weighted by atomic mass is 16.5. The van der Waals surface area contributed by atoms with E-state index in [9.17, 15) is 9.90 Å². The number of aryl methyl sites for hydroxylation is 1. The number of carbonyl (C=O) groups excluding carboxylic acids is 1. The summed E-state index contributed by atoms with van der Waals surface area (Å²) in [6.45, 7) is 4.55. The Hall–Kier alpha value is -1.59. The van der Waals surface area contributed by atoms with Crippen molar-refractivity contribution in [2.24, 2.45) is 11.7 Å².